The SMILES string of the molecule is Cc1nc(Cc2nc(-c3ccc(Cl)s3)cs2)cs1. The molecule has 0 saturated heterocycles. The zero-order valence-electron chi connectivity index (χ0n) is 9.51. The van der Waals surface area contributed by atoms with Gasteiger partial charge >= 0.3 is 0 Å². The number of hydrogen-bond donors (Lipinski definition) is 0. The lowest BCUT2D eigenvalue weighted by Gasteiger charge is -1.91. The second kappa shape index (κ2) is 5.09. The Balaban J connectivity index is 1.81. The summed E-state index contributed by atoms with van der Waals surface area (Å²) in [4.78, 5) is 10.2. The average Bonchev–Trinajstić information content (AvgIpc) is 3.01. The lowest BCUT2D eigenvalue weighted by atomic mass is 10.3. The van der Waals surface area contributed by atoms with Crippen molar-refractivity contribution in [1.29, 1.82) is 0 Å². The van der Waals surface area contributed by atoms with Gasteiger partial charge in [0.15, 0.2) is 0 Å². The van der Waals surface area contributed by atoms with Crippen molar-refractivity contribution in [3.63, 3.8) is 0 Å². The summed E-state index contributed by atoms with van der Waals surface area (Å²) in [5.74, 6) is 0. The molecular weight excluding hydrogens is 304 g/mol. The van der Waals surface area contributed by atoms with Gasteiger partial charge in [-0.1, -0.05) is 11.6 Å². The minimum atomic E-state index is 0.801. The number of aromatic nitrogens is 2. The van der Waals surface area contributed by atoms with Gasteiger partial charge in [0.25, 0.3) is 0 Å². The fourth-order valence-electron chi connectivity index (χ4n) is 1.60. The van der Waals surface area contributed by atoms with Gasteiger partial charge in [0.2, 0.25) is 0 Å². The van der Waals surface area contributed by atoms with Crippen LogP contribution < -0.4 is 0 Å². The molecule has 3 heterocycles. The first-order chi connectivity index (χ1) is 8.70. The highest BCUT2D eigenvalue weighted by Crippen LogP contribution is 2.32. The molecule has 3 aromatic heterocycles. The van der Waals surface area contributed by atoms with E-state index in [1.807, 2.05) is 19.1 Å². The lowest BCUT2D eigenvalue weighted by molar-refractivity contribution is 1.06. The van der Waals surface area contributed by atoms with Gasteiger partial charge in [0.05, 0.1) is 30.6 Å². The summed E-state index contributed by atoms with van der Waals surface area (Å²) in [7, 11) is 0. The van der Waals surface area contributed by atoms with Crippen LogP contribution in [0.3, 0.4) is 0 Å². The second-order valence-electron chi connectivity index (χ2n) is 3.76. The molecule has 0 aliphatic rings. The summed E-state index contributed by atoms with van der Waals surface area (Å²) < 4.78 is 0.801. The topological polar surface area (TPSA) is 25.8 Å². The van der Waals surface area contributed by atoms with Crippen LogP contribution in [0.15, 0.2) is 22.9 Å². The van der Waals surface area contributed by atoms with Crippen LogP contribution in [-0.2, 0) is 6.42 Å². The quantitative estimate of drug-likeness (QED) is 0.688. The van der Waals surface area contributed by atoms with Gasteiger partial charge < -0.3 is 0 Å². The van der Waals surface area contributed by atoms with Crippen molar-refractivity contribution in [2.75, 3.05) is 0 Å². The van der Waals surface area contributed by atoms with Gasteiger partial charge in [-0.3, -0.25) is 0 Å². The highest BCUT2D eigenvalue weighted by Gasteiger charge is 2.08. The summed E-state index contributed by atoms with van der Waals surface area (Å²) in [6.45, 7) is 2.02. The Kier molecular flexibility index (Phi) is 3.48. The first-order valence-electron chi connectivity index (χ1n) is 5.32. The highest BCUT2D eigenvalue weighted by molar-refractivity contribution is 7.19. The minimum Gasteiger partial charge on any atom is -0.246 e. The van der Waals surface area contributed by atoms with E-state index in [-0.39, 0.29) is 0 Å². The molecule has 0 spiro atoms. The molecule has 92 valence electrons. The summed E-state index contributed by atoms with van der Waals surface area (Å²) in [5, 5.41) is 6.38. The number of rotatable bonds is 3. The minimum absolute atomic E-state index is 0.801. The van der Waals surface area contributed by atoms with Crippen LogP contribution in [0, 0.1) is 6.92 Å². The van der Waals surface area contributed by atoms with Crippen molar-refractivity contribution in [3.8, 4) is 10.6 Å². The van der Waals surface area contributed by atoms with Gasteiger partial charge in [0.1, 0.15) is 0 Å². The molecule has 0 N–H and O–H groups in total. The number of halogens is 1. The van der Waals surface area contributed by atoms with Crippen LogP contribution in [-0.4, -0.2) is 9.97 Å². The molecule has 0 radical (unpaired) electrons. The Morgan fingerprint density at radius 2 is 2.06 bits per heavy atom. The Morgan fingerprint density at radius 1 is 1.17 bits per heavy atom. The third-order valence-corrected chi connectivity index (χ3v) is 5.30. The van der Waals surface area contributed by atoms with Gasteiger partial charge in [-0.15, -0.1) is 34.0 Å². The van der Waals surface area contributed by atoms with E-state index in [0.29, 0.717) is 0 Å². The third kappa shape index (κ3) is 2.64. The second-order valence-corrected chi connectivity index (χ2v) is 7.48. The van der Waals surface area contributed by atoms with Crippen LogP contribution >= 0.6 is 45.6 Å². The van der Waals surface area contributed by atoms with Gasteiger partial charge in [-0.05, 0) is 19.1 Å². The fraction of sp³-hybridized carbons (Fsp3) is 0.167. The highest BCUT2D eigenvalue weighted by atomic mass is 35.5. The summed E-state index contributed by atoms with van der Waals surface area (Å²) in [5.41, 5.74) is 2.11. The number of thiophene rings is 1. The third-order valence-electron chi connectivity index (χ3n) is 2.38. The molecule has 0 fully saturated rings. The zero-order valence-corrected chi connectivity index (χ0v) is 12.7. The molecule has 0 saturated carbocycles. The zero-order chi connectivity index (χ0) is 12.5. The van der Waals surface area contributed by atoms with Crippen LogP contribution in [0.4, 0.5) is 0 Å². The van der Waals surface area contributed by atoms with E-state index < -0.39 is 0 Å². The lowest BCUT2D eigenvalue weighted by Crippen LogP contribution is -1.87. The molecule has 0 aromatic carbocycles. The molecule has 0 atom stereocenters. The van der Waals surface area contributed by atoms with Crippen molar-refractivity contribution >= 4 is 45.6 Å². The monoisotopic (exact) mass is 312 g/mol. The first-order valence-corrected chi connectivity index (χ1v) is 8.27. The molecular formula is C12H9ClN2S3. The normalized spacial score (nSPS) is 11.0. The predicted molar refractivity (Wildman–Crippen MR) is 80.1 cm³/mol. The largest absolute Gasteiger partial charge is 0.246 e. The molecule has 0 aliphatic heterocycles. The summed E-state index contributed by atoms with van der Waals surface area (Å²) in [6.07, 6.45) is 0.814. The Labute approximate surface area is 122 Å². The molecule has 3 aromatic rings. The number of hydrogen-bond acceptors (Lipinski definition) is 5. The molecule has 0 bridgehead atoms. The Bertz CT molecular complexity index is 668. The van der Waals surface area contributed by atoms with E-state index in [1.54, 1.807) is 34.0 Å². The van der Waals surface area contributed by atoms with Crippen LogP contribution in [0.1, 0.15) is 15.7 Å². The van der Waals surface area contributed by atoms with E-state index in [1.165, 1.54) is 0 Å². The van der Waals surface area contributed by atoms with Crippen molar-refractivity contribution in [2.45, 2.75) is 13.3 Å². The van der Waals surface area contributed by atoms with Gasteiger partial charge in [-0.2, -0.15) is 0 Å². The first kappa shape index (κ1) is 12.3. The molecule has 0 amide bonds. The molecule has 0 aliphatic carbocycles. The maximum absolute atomic E-state index is 5.94. The fourth-order valence-corrected chi connectivity index (χ4v) is 4.10. The van der Waals surface area contributed by atoms with Crippen molar-refractivity contribution in [2.24, 2.45) is 0 Å². The van der Waals surface area contributed by atoms with E-state index in [2.05, 4.69) is 20.7 Å². The van der Waals surface area contributed by atoms with Crippen LogP contribution in [0.25, 0.3) is 10.6 Å². The molecule has 3 rings (SSSR count). The van der Waals surface area contributed by atoms with Crippen LogP contribution in [0.2, 0.25) is 4.34 Å². The maximum atomic E-state index is 5.94. The standard InChI is InChI=1S/C12H9ClN2S3/c1-7-14-8(5-16-7)4-12-15-9(6-17-12)10-2-3-11(13)18-10/h2-3,5-6H,4H2,1H3. The van der Waals surface area contributed by atoms with E-state index in [9.17, 15) is 0 Å². The number of thiazole rings is 2. The number of aryl methyl sites for hydroxylation is 1. The maximum Gasteiger partial charge on any atom is 0.0993 e. The predicted octanol–water partition coefficient (Wildman–Crippen LogP) is 4.88. The van der Waals surface area contributed by atoms with Crippen molar-refractivity contribution < 1.29 is 0 Å². The number of nitrogens with zero attached hydrogens (tertiary/aromatic N) is 2. The van der Waals surface area contributed by atoms with Crippen LogP contribution in [0.5, 0.6) is 0 Å². The molecule has 0 unspecified atom stereocenters. The Morgan fingerprint density at radius 3 is 2.72 bits per heavy atom. The van der Waals surface area contributed by atoms with Crippen molar-refractivity contribution in [3.05, 3.63) is 42.9 Å². The van der Waals surface area contributed by atoms with E-state index >= 15 is 0 Å². The molecule has 18 heavy (non-hydrogen) atoms. The van der Waals surface area contributed by atoms with Crippen molar-refractivity contribution in [1.82, 2.24) is 9.97 Å². The van der Waals surface area contributed by atoms with Gasteiger partial charge in [0, 0.05) is 17.2 Å². The Hall–Kier alpha value is -0.750. The molecule has 6 heteroatoms. The summed E-state index contributed by atoms with van der Waals surface area (Å²) in [6, 6.07) is 3.92. The smallest absolute Gasteiger partial charge is 0.0993 e. The van der Waals surface area contributed by atoms with E-state index in [4.69, 9.17) is 11.6 Å². The van der Waals surface area contributed by atoms with E-state index in [0.717, 1.165) is 37.0 Å². The van der Waals surface area contributed by atoms with Gasteiger partial charge in [-0.25, -0.2) is 9.97 Å². The average molecular weight is 313 g/mol. The molecule has 2 nitrogen and oxygen atoms in total. The summed E-state index contributed by atoms with van der Waals surface area (Å²) >= 11 is 10.9.